The van der Waals surface area contributed by atoms with Gasteiger partial charge in [0.15, 0.2) is 0 Å². The zero-order valence-corrected chi connectivity index (χ0v) is 15.6. The summed E-state index contributed by atoms with van der Waals surface area (Å²) in [5.74, 6) is 0.226. The van der Waals surface area contributed by atoms with E-state index >= 15 is 0 Å². The van der Waals surface area contributed by atoms with Crippen LogP contribution < -0.4 is 0 Å². The number of ether oxygens (including phenoxy) is 1. The molecule has 26 heavy (non-hydrogen) atoms. The minimum absolute atomic E-state index is 0.00616. The molecule has 1 N–H and O–H groups in total. The number of carbonyl (C=O) groups excluding carboxylic acids is 1. The fourth-order valence-electron chi connectivity index (χ4n) is 3.73. The zero-order chi connectivity index (χ0) is 18.4. The molecule has 2 saturated heterocycles. The topological polar surface area (TPSA) is 53.0 Å². The van der Waals surface area contributed by atoms with Gasteiger partial charge in [0.1, 0.15) is 0 Å². The van der Waals surface area contributed by atoms with E-state index in [0.717, 1.165) is 45.7 Å². The van der Waals surface area contributed by atoms with Crippen LogP contribution in [0.2, 0.25) is 0 Å². The highest BCUT2D eigenvalue weighted by Gasteiger charge is 2.29. The van der Waals surface area contributed by atoms with E-state index in [0.29, 0.717) is 13.1 Å². The Morgan fingerprint density at radius 2 is 2.04 bits per heavy atom. The van der Waals surface area contributed by atoms with Gasteiger partial charge in [0, 0.05) is 38.8 Å². The predicted octanol–water partition coefficient (Wildman–Crippen LogP) is 1.64. The van der Waals surface area contributed by atoms with Gasteiger partial charge in [-0.3, -0.25) is 9.69 Å². The van der Waals surface area contributed by atoms with E-state index in [2.05, 4.69) is 24.0 Å². The van der Waals surface area contributed by atoms with Crippen molar-refractivity contribution in [3.8, 4) is 0 Å². The third kappa shape index (κ3) is 5.16. The molecule has 0 aliphatic carbocycles. The molecule has 0 spiro atoms. The molecule has 0 saturated carbocycles. The van der Waals surface area contributed by atoms with Crippen molar-refractivity contribution < 1.29 is 14.6 Å². The molecule has 142 valence electrons. The Balaban J connectivity index is 1.46. The number of nitrogens with zero attached hydrogens (tertiary/aromatic N) is 2. The quantitative estimate of drug-likeness (QED) is 0.813. The van der Waals surface area contributed by atoms with Crippen molar-refractivity contribution in [3.63, 3.8) is 0 Å². The molecule has 1 aromatic rings. The molecule has 5 heteroatoms. The Hall–Kier alpha value is -1.69. The molecule has 2 atom stereocenters. The Morgan fingerprint density at radius 3 is 2.77 bits per heavy atom. The van der Waals surface area contributed by atoms with E-state index in [1.54, 1.807) is 11.0 Å². The van der Waals surface area contributed by atoms with Gasteiger partial charge in [-0.15, -0.1) is 0 Å². The highest BCUT2D eigenvalue weighted by atomic mass is 16.5. The third-order valence-electron chi connectivity index (χ3n) is 5.50. The van der Waals surface area contributed by atoms with Gasteiger partial charge in [0.25, 0.3) is 0 Å². The lowest BCUT2D eigenvalue weighted by molar-refractivity contribution is -0.130. The van der Waals surface area contributed by atoms with Crippen LogP contribution in [0.15, 0.2) is 36.4 Å². The summed E-state index contributed by atoms with van der Waals surface area (Å²) in [6.07, 6.45) is 4.85. The molecule has 0 aromatic heterocycles. The molecule has 1 aromatic carbocycles. The van der Waals surface area contributed by atoms with E-state index in [1.165, 1.54) is 11.1 Å². The van der Waals surface area contributed by atoms with Crippen molar-refractivity contribution in [3.05, 3.63) is 47.5 Å². The van der Waals surface area contributed by atoms with Crippen LogP contribution >= 0.6 is 0 Å². The summed E-state index contributed by atoms with van der Waals surface area (Å²) in [4.78, 5) is 16.4. The molecule has 2 heterocycles. The molecule has 2 fully saturated rings. The Kier molecular flexibility index (Phi) is 6.83. The van der Waals surface area contributed by atoms with Crippen molar-refractivity contribution in [2.24, 2.45) is 5.92 Å². The summed E-state index contributed by atoms with van der Waals surface area (Å²) in [5.41, 5.74) is 2.56. The van der Waals surface area contributed by atoms with Gasteiger partial charge in [0.2, 0.25) is 5.91 Å². The molecule has 0 unspecified atom stereocenters. The number of benzene rings is 1. The molecule has 1 amide bonds. The van der Waals surface area contributed by atoms with E-state index < -0.39 is 6.10 Å². The first kappa shape index (κ1) is 19.1. The van der Waals surface area contributed by atoms with Crippen molar-refractivity contribution in [1.29, 1.82) is 0 Å². The maximum atomic E-state index is 12.4. The van der Waals surface area contributed by atoms with Crippen LogP contribution in [0.3, 0.4) is 0 Å². The Bertz CT molecular complexity index is 625. The number of amides is 1. The van der Waals surface area contributed by atoms with Crippen molar-refractivity contribution in [1.82, 2.24) is 9.80 Å². The lowest BCUT2D eigenvalue weighted by Gasteiger charge is -2.35. The molecule has 0 bridgehead atoms. The number of piperidine rings is 1. The minimum atomic E-state index is -0.458. The smallest absolute Gasteiger partial charge is 0.246 e. The molecule has 3 rings (SSSR count). The number of likely N-dealkylation sites (tertiary alicyclic amines) is 1. The number of morpholine rings is 1. The first-order chi connectivity index (χ1) is 12.6. The highest BCUT2D eigenvalue weighted by Crippen LogP contribution is 2.24. The number of aryl methyl sites for hydroxylation is 1. The molecule has 5 nitrogen and oxygen atoms in total. The number of aliphatic hydroxyl groups excluding tert-OH is 1. The van der Waals surface area contributed by atoms with Crippen LogP contribution in [-0.4, -0.2) is 72.9 Å². The summed E-state index contributed by atoms with van der Waals surface area (Å²) in [6, 6.07) is 8.33. The van der Waals surface area contributed by atoms with Crippen LogP contribution in [0.25, 0.3) is 0 Å². The first-order valence-corrected chi connectivity index (χ1v) is 9.61. The second-order valence-corrected chi connectivity index (χ2v) is 7.35. The lowest BCUT2D eigenvalue weighted by Crippen LogP contribution is -2.46. The van der Waals surface area contributed by atoms with Crippen LogP contribution in [0.4, 0.5) is 0 Å². The van der Waals surface area contributed by atoms with Gasteiger partial charge in [-0.05, 0) is 36.8 Å². The van der Waals surface area contributed by atoms with Gasteiger partial charge in [0.05, 0.1) is 19.3 Å². The van der Waals surface area contributed by atoms with Crippen LogP contribution in [-0.2, 0) is 16.0 Å². The van der Waals surface area contributed by atoms with Gasteiger partial charge >= 0.3 is 0 Å². The third-order valence-corrected chi connectivity index (χ3v) is 5.50. The Labute approximate surface area is 156 Å². The minimum Gasteiger partial charge on any atom is -0.391 e. The summed E-state index contributed by atoms with van der Waals surface area (Å²) >= 11 is 0. The fourth-order valence-corrected chi connectivity index (χ4v) is 3.73. The van der Waals surface area contributed by atoms with E-state index in [-0.39, 0.29) is 11.8 Å². The predicted molar refractivity (Wildman–Crippen MR) is 102 cm³/mol. The van der Waals surface area contributed by atoms with Gasteiger partial charge in [-0.25, -0.2) is 0 Å². The second-order valence-electron chi connectivity index (χ2n) is 7.35. The standard InChI is InChI=1S/C21H30N2O3/c1-17-5-2-3-6-18(17)15-19-8-10-23(16-20(19)24)21(25)7-4-9-22-11-13-26-14-12-22/h2-7,19-20,24H,8-16H2,1H3/t19-,20-/m1/s1. The summed E-state index contributed by atoms with van der Waals surface area (Å²) < 4.78 is 5.33. The average Bonchev–Trinajstić information content (AvgIpc) is 2.66. The van der Waals surface area contributed by atoms with E-state index in [9.17, 15) is 9.90 Å². The fraction of sp³-hybridized carbons (Fsp3) is 0.571. The maximum absolute atomic E-state index is 12.4. The highest BCUT2D eigenvalue weighted by molar-refractivity contribution is 5.87. The summed E-state index contributed by atoms with van der Waals surface area (Å²) in [5, 5.41) is 10.5. The molecule has 2 aliphatic rings. The Morgan fingerprint density at radius 1 is 1.27 bits per heavy atom. The van der Waals surface area contributed by atoms with Gasteiger partial charge in [-0.1, -0.05) is 30.3 Å². The lowest BCUT2D eigenvalue weighted by atomic mass is 9.86. The maximum Gasteiger partial charge on any atom is 0.246 e. The average molecular weight is 358 g/mol. The number of carbonyl (C=O) groups is 1. The van der Waals surface area contributed by atoms with E-state index in [4.69, 9.17) is 4.74 Å². The number of hydrogen-bond acceptors (Lipinski definition) is 4. The van der Waals surface area contributed by atoms with Crippen LogP contribution in [0, 0.1) is 12.8 Å². The second kappa shape index (κ2) is 9.31. The molecular formula is C21H30N2O3. The number of rotatable bonds is 5. The van der Waals surface area contributed by atoms with Gasteiger partial charge in [-0.2, -0.15) is 0 Å². The summed E-state index contributed by atoms with van der Waals surface area (Å²) in [6.45, 7) is 7.40. The molecule has 2 aliphatic heterocycles. The SMILES string of the molecule is Cc1ccccc1C[C@H]1CCN(C(=O)C=CCN2CCOCC2)C[C@H]1O. The molecular weight excluding hydrogens is 328 g/mol. The summed E-state index contributed by atoms with van der Waals surface area (Å²) in [7, 11) is 0. The number of β-amino-alcohol motifs (C(OH)–C–C–N with tert-alkyl or cyclic N) is 1. The largest absolute Gasteiger partial charge is 0.391 e. The molecule has 0 radical (unpaired) electrons. The normalized spacial score (nSPS) is 24.9. The van der Waals surface area contributed by atoms with Crippen molar-refractivity contribution >= 4 is 5.91 Å². The zero-order valence-electron chi connectivity index (χ0n) is 15.6. The number of hydrogen-bond donors (Lipinski definition) is 1. The van der Waals surface area contributed by atoms with E-state index in [1.807, 2.05) is 18.2 Å². The van der Waals surface area contributed by atoms with Crippen LogP contribution in [0.5, 0.6) is 0 Å². The first-order valence-electron chi connectivity index (χ1n) is 9.61. The van der Waals surface area contributed by atoms with Crippen molar-refractivity contribution in [2.75, 3.05) is 45.9 Å². The van der Waals surface area contributed by atoms with Crippen LogP contribution in [0.1, 0.15) is 17.5 Å². The number of aliphatic hydroxyl groups is 1. The monoisotopic (exact) mass is 358 g/mol. The van der Waals surface area contributed by atoms with Gasteiger partial charge < -0.3 is 14.7 Å². The van der Waals surface area contributed by atoms with Crippen molar-refractivity contribution in [2.45, 2.75) is 25.9 Å².